The van der Waals surface area contributed by atoms with Gasteiger partial charge < -0.3 is 4.74 Å². The van der Waals surface area contributed by atoms with Crippen LogP contribution in [0.2, 0.25) is 25.7 Å². The lowest BCUT2D eigenvalue weighted by atomic mass is 9.73. The van der Waals surface area contributed by atoms with Crippen LogP contribution in [0.1, 0.15) is 19.8 Å². The molecule has 4 nitrogen and oxygen atoms in total. The first-order valence-electron chi connectivity index (χ1n) is 9.73. The Morgan fingerprint density at radius 2 is 2.15 bits per heavy atom. The Morgan fingerprint density at radius 3 is 2.92 bits per heavy atom. The summed E-state index contributed by atoms with van der Waals surface area (Å²) in [5, 5.41) is 0. The second-order valence-electron chi connectivity index (χ2n) is 9.13. The zero-order valence-electron chi connectivity index (χ0n) is 16.2. The molecule has 0 aromatic heterocycles. The van der Waals surface area contributed by atoms with E-state index in [2.05, 4.69) is 38.7 Å². The van der Waals surface area contributed by atoms with Gasteiger partial charge in [0.15, 0.2) is 0 Å². The smallest absolute Gasteiger partial charge is 0.336 e. The van der Waals surface area contributed by atoms with Gasteiger partial charge in [-0.25, -0.2) is 4.79 Å². The van der Waals surface area contributed by atoms with E-state index < -0.39 is 8.07 Å². The van der Waals surface area contributed by atoms with Gasteiger partial charge in [-0.3, -0.25) is 9.98 Å². The normalized spacial score (nSPS) is 29.5. The molecular formula is C21H28N2O2Si. The van der Waals surface area contributed by atoms with Gasteiger partial charge in [0, 0.05) is 25.6 Å². The fraction of sp³-hybridized carbons (Fsp3) is 0.571. The Balaban J connectivity index is 1.69. The van der Waals surface area contributed by atoms with Crippen LogP contribution in [0.3, 0.4) is 0 Å². The standard InChI is InChI=1S/C21H28N2O2Si/c1-13-15-9-18-17(21(24)25-7-8-26(2,3)4)11-16(13)20-14(5-6-22-18)12-23-19(20)10-15/h5-6,11,13,15,18H,7-10,12H2,1-4H3/t13?,15-,18+/m1/s1. The number of aliphatic imine (C=N–C) groups is 2. The molecule has 4 aliphatic rings. The predicted octanol–water partition coefficient (Wildman–Crippen LogP) is 3.98. The Bertz CT molecular complexity index is 795. The van der Waals surface area contributed by atoms with Crippen LogP contribution in [-0.2, 0) is 9.53 Å². The monoisotopic (exact) mass is 368 g/mol. The third-order valence-corrected chi connectivity index (χ3v) is 7.75. The highest BCUT2D eigenvalue weighted by Gasteiger charge is 2.40. The van der Waals surface area contributed by atoms with Gasteiger partial charge in [0.1, 0.15) is 0 Å². The van der Waals surface area contributed by atoms with E-state index in [1.54, 1.807) is 0 Å². The quantitative estimate of drug-likeness (QED) is 0.556. The molecule has 138 valence electrons. The van der Waals surface area contributed by atoms with Crippen molar-refractivity contribution in [2.24, 2.45) is 21.8 Å². The van der Waals surface area contributed by atoms with E-state index in [0.29, 0.717) is 18.4 Å². The summed E-state index contributed by atoms with van der Waals surface area (Å²) >= 11 is 0. The Hall–Kier alpha value is -1.75. The fourth-order valence-electron chi connectivity index (χ4n) is 4.36. The molecule has 0 saturated carbocycles. The molecule has 2 heterocycles. The van der Waals surface area contributed by atoms with Crippen LogP contribution in [0, 0.1) is 11.8 Å². The van der Waals surface area contributed by atoms with E-state index in [4.69, 9.17) is 14.7 Å². The van der Waals surface area contributed by atoms with E-state index in [1.807, 2.05) is 6.21 Å². The Kier molecular flexibility index (Phi) is 4.38. The van der Waals surface area contributed by atoms with Crippen LogP contribution in [-0.4, -0.2) is 45.2 Å². The maximum atomic E-state index is 12.9. The second kappa shape index (κ2) is 6.45. The first kappa shape index (κ1) is 17.7. The van der Waals surface area contributed by atoms with E-state index >= 15 is 0 Å². The van der Waals surface area contributed by atoms with Gasteiger partial charge in [0.05, 0.1) is 24.8 Å². The minimum Gasteiger partial charge on any atom is -0.463 e. The van der Waals surface area contributed by atoms with Crippen LogP contribution in [0.15, 0.2) is 44.4 Å². The van der Waals surface area contributed by atoms with Crippen molar-refractivity contribution >= 4 is 26.0 Å². The molecule has 0 N–H and O–H groups in total. The zero-order chi connectivity index (χ0) is 18.5. The van der Waals surface area contributed by atoms with Crippen LogP contribution in [0.5, 0.6) is 0 Å². The van der Waals surface area contributed by atoms with Crippen LogP contribution in [0.25, 0.3) is 0 Å². The molecule has 0 spiro atoms. The van der Waals surface area contributed by atoms with Crippen molar-refractivity contribution in [3.05, 3.63) is 34.4 Å². The number of fused-ring (bicyclic) bond motifs is 2. The van der Waals surface area contributed by atoms with E-state index in [9.17, 15) is 4.79 Å². The van der Waals surface area contributed by atoms with Crippen molar-refractivity contribution in [1.82, 2.24) is 0 Å². The average Bonchev–Trinajstić information content (AvgIpc) is 2.93. The highest BCUT2D eigenvalue weighted by Crippen LogP contribution is 2.45. The SMILES string of the molecule is CC1C2=C3C4=CC=N[C@@H](C[C@@H]1CC3=NC4)C(C(=O)OCC[Si](C)(C)C)=C2. The van der Waals surface area contributed by atoms with Crippen LogP contribution >= 0.6 is 0 Å². The van der Waals surface area contributed by atoms with Gasteiger partial charge >= 0.3 is 5.97 Å². The maximum absolute atomic E-state index is 12.9. The van der Waals surface area contributed by atoms with Crippen molar-refractivity contribution in [2.75, 3.05) is 13.2 Å². The molecule has 1 unspecified atom stereocenters. The Morgan fingerprint density at radius 1 is 1.35 bits per heavy atom. The van der Waals surface area contributed by atoms with Gasteiger partial charge in [0.2, 0.25) is 0 Å². The summed E-state index contributed by atoms with van der Waals surface area (Å²) in [5.74, 6) is 0.752. The highest BCUT2D eigenvalue weighted by atomic mass is 28.3. The molecule has 4 rings (SSSR count). The summed E-state index contributed by atoms with van der Waals surface area (Å²) in [6.45, 7) is 10.4. The van der Waals surface area contributed by atoms with Crippen LogP contribution < -0.4 is 0 Å². The van der Waals surface area contributed by atoms with Gasteiger partial charge in [0.25, 0.3) is 0 Å². The third-order valence-electron chi connectivity index (χ3n) is 6.05. The molecule has 0 saturated heterocycles. The van der Waals surface area contributed by atoms with Gasteiger partial charge in [-0.1, -0.05) is 26.6 Å². The van der Waals surface area contributed by atoms with E-state index in [1.165, 1.54) is 22.4 Å². The molecule has 26 heavy (non-hydrogen) atoms. The molecule has 0 aromatic rings. The van der Waals surface area contributed by atoms with Crippen molar-refractivity contribution in [1.29, 1.82) is 0 Å². The lowest BCUT2D eigenvalue weighted by Crippen LogP contribution is -2.27. The average molecular weight is 369 g/mol. The number of nitrogens with zero attached hydrogens (tertiary/aromatic N) is 2. The number of esters is 1. The first-order valence-corrected chi connectivity index (χ1v) is 13.4. The maximum Gasteiger partial charge on any atom is 0.336 e. The molecular weight excluding hydrogens is 340 g/mol. The fourth-order valence-corrected chi connectivity index (χ4v) is 5.07. The molecule has 2 aliphatic heterocycles. The molecule has 5 heteroatoms. The summed E-state index contributed by atoms with van der Waals surface area (Å²) < 4.78 is 5.68. The number of ether oxygens (including phenoxy) is 1. The van der Waals surface area contributed by atoms with Gasteiger partial charge in [-0.2, -0.15) is 0 Å². The number of hydrogen-bond donors (Lipinski definition) is 0. The van der Waals surface area contributed by atoms with Gasteiger partial charge in [-0.15, -0.1) is 0 Å². The number of allylic oxidation sites excluding steroid dienone is 3. The van der Waals surface area contributed by atoms with Crippen LogP contribution in [0.4, 0.5) is 0 Å². The molecule has 0 fully saturated rings. The summed E-state index contributed by atoms with van der Waals surface area (Å²) in [6.07, 6.45) is 7.96. The number of hydrogen-bond acceptors (Lipinski definition) is 4. The van der Waals surface area contributed by atoms with E-state index in [-0.39, 0.29) is 12.0 Å². The topological polar surface area (TPSA) is 51.0 Å². The lowest BCUT2D eigenvalue weighted by molar-refractivity contribution is -0.138. The molecule has 3 bridgehead atoms. The molecule has 0 radical (unpaired) electrons. The molecule has 0 amide bonds. The van der Waals surface area contributed by atoms with Gasteiger partial charge in [-0.05, 0) is 54.0 Å². The lowest BCUT2D eigenvalue weighted by Gasteiger charge is -2.31. The minimum absolute atomic E-state index is 0.103. The van der Waals surface area contributed by atoms with Crippen molar-refractivity contribution in [3.63, 3.8) is 0 Å². The zero-order valence-corrected chi connectivity index (χ0v) is 17.2. The Labute approximate surface area is 156 Å². The third kappa shape index (κ3) is 3.17. The minimum atomic E-state index is -1.22. The second-order valence-corrected chi connectivity index (χ2v) is 14.8. The number of carbonyl (C=O) groups excluding carboxylic acids is 1. The van der Waals surface area contributed by atoms with Crippen molar-refractivity contribution in [2.45, 2.75) is 51.5 Å². The number of rotatable bonds is 4. The van der Waals surface area contributed by atoms with Crippen molar-refractivity contribution < 1.29 is 9.53 Å². The molecule has 0 aromatic carbocycles. The summed E-state index contributed by atoms with van der Waals surface area (Å²) in [6, 6.07) is 0.892. The number of carbonyl (C=O) groups is 1. The summed E-state index contributed by atoms with van der Waals surface area (Å²) in [5.41, 5.74) is 5.75. The largest absolute Gasteiger partial charge is 0.463 e. The predicted molar refractivity (Wildman–Crippen MR) is 109 cm³/mol. The molecule has 2 aliphatic carbocycles. The van der Waals surface area contributed by atoms with E-state index in [0.717, 1.165) is 31.0 Å². The first-order chi connectivity index (χ1) is 12.3. The molecule has 3 atom stereocenters. The summed E-state index contributed by atoms with van der Waals surface area (Å²) in [4.78, 5) is 22.4. The summed E-state index contributed by atoms with van der Waals surface area (Å²) in [7, 11) is -1.22. The van der Waals surface area contributed by atoms with Crippen molar-refractivity contribution in [3.8, 4) is 0 Å². The highest BCUT2D eigenvalue weighted by molar-refractivity contribution is 6.76.